The van der Waals surface area contributed by atoms with Gasteiger partial charge < -0.3 is 9.47 Å². The van der Waals surface area contributed by atoms with E-state index in [1.165, 1.54) is 13.8 Å². The van der Waals surface area contributed by atoms with Gasteiger partial charge in [0.05, 0.1) is 0 Å². The molecule has 6 heteroatoms. The van der Waals surface area contributed by atoms with E-state index >= 15 is 0 Å². The highest BCUT2D eigenvalue weighted by Gasteiger charge is 2.11. The molecule has 24 heavy (non-hydrogen) atoms. The third-order valence-corrected chi connectivity index (χ3v) is 3.12. The summed E-state index contributed by atoms with van der Waals surface area (Å²) < 4.78 is 9.14. The number of rotatable bonds is 11. The summed E-state index contributed by atoms with van der Waals surface area (Å²) in [5.41, 5.74) is 0.402. The highest BCUT2D eigenvalue weighted by molar-refractivity contribution is 5.95. The average Bonchev–Trinajstić information content (AvgIpc) is 2.49. The number of carbonyl (C=O) groups is 4. The first kappa shape index (κ1) is 21.8. The van der Waals surface area contributed by atoms with Gasteiger partial charge in [-0.25, -0.2) is 9.59 Å². The Kier molecular flexibility index (Phi) is 11.1. The molecule has 0 aliphatic carbocycles. The first-order valence-electron chi connectivity index (χ1n) is 8.05. The molecule has 0 radical (unpaired) electrons. The van der Waals surface area contributed by atoms with Crippen molar-refractivity contribution in [3.8, 4) is 0 Å². The van der Waals surface area contributed by atoms with Crippen LogP contribution < -0.4 is 0 Å². The first-order chi connectivity index (χ1) is 11.2. The standard InChI is InChI=1S/C18H26O6/c1-13(2)17(21)23-15(19)11-9-7-5-6-8-10-12-16(20)24-18(22)14(3)4/h1,3,5-12H2,2,4H3. The Balaban J connectivity index is 3.55. The largest absolute Gasteiger partial charge is 0.390 e. The number of hydrogen-bond acceptors (Lipinski definition) is 6. The Morgan fingerprint density at radius 1 is 0.625 bits per heavy atom. The Morgan fingerprint density at radius 2 is 0.917 bits per heavy atom. The molecule has 0 aliphatic rings. The molecule has 0 aromatic heterocycles. The van der Waals surface area contributed by atoms with E-state index in [1.807, 2.05) is 0 Å². The van der Waals surface area contributed by atoms with Crippen LogP contribution in [0.1, 0.15) is 65.2 Å². The second-order valence-corrected chi connectivity index (χ2v) is 5.71. The van der Waals surface area contributed by atoms with E-state index in [-0.39, 0.29) is 24.0 Å². The van der Waals surface area contributed by atoms with Gasteiger partial charge in [0.2, 0.25) is 0 Å². The number of hydrogen-bond donors (Lipinski definition) is 0. The van der Waals surface area contributed by atoms with Gasteiger partial charge in [-0.05, 0) is 26.7 Å². The fourth-order valence-corrected chi connectivity index (χ4v) is 1.73. The molecule has 134 valence electrons. The molecule has 0 bridgehead atoms. The van der Waals surface area contributed by atoms with Crippen molar-refractivity contribution in [1.82, 2.24) is 0 Å². The van der Waals surface area contributed by atoms with Crippen LogP contribution in [0.25, 0.3) is 0 Å². The van der Waals surface area contributed by atoms with Gasteiger partial charge in [-0.3, -0.25) is 9.59 Å². The van der Waals surface area contributed by atoms with Crippen LogP contribution in [-0.4, -0.2) is 23.9 Å². The predicted molar refractivity (Wildman–Crippen MR) is 88.8 cm³/mol. The van der Waals surface area contributed by atoms with Crippen LogP contribution in [0.3, 0.4) is 0 Å². The summed E-state index contributed by atoms with van der Waals surface area (Å²) in [6, 6.07) is 0. The highest BCUT2D eigenvalue weighted by atomic mass is 16.6. The molecule has 0 N–H and O–H groups in total. The molecule has 0 saturated carbocycles. The van der Waals surface area contributed by atoms with Crippen molar-refractivity contribution in [2.45, 2.75) is 65.2 Å². The second-order valence-electron chi connectivity index (χ2n) is 5.71. The molecule has 6 nitrogen and oxygen atoms in total. The molecule has 0 aromatic carbocycles. The van der Waals surface area contributed by atoms with E-state index in [2.05, 4.69) is 22.6 Å². The minimum Gasteiger partial charge on any atom is -0.390 e. The molecule has 0 unspecified atom stereocenters. The number of esters is 4. The monoisotopic (exact) mass is 338 g/mol. The molecule has 0 aliphatic heterocycles. The van der Waals surface area contributed by atoms with Crippen molar-refractivity contribution in [2.75, 3.05) is 0 Å². The summed E-state index contributed by atoms with van der Waals surface area (Å²) >= 11 is 0. The van der Waals surface area contributed by atoms with Gasteiger partial charge >= 0.3 is 23.9 Å². The molecular formula is C18H26O6. The molecule has 0 spiro atoms. The van der Waals surface area contributed by atoms with Crippen LogP contribution in [0.2, 0.25) is 0 Å². The quantitative estimate of drug-likeness (QED) is 0.248. The van der Waals surface area contributed by atoms with Crippen LogP contribution >= 0.6 is 0 Å². The van der Waals surface area contributed by atoms with Gasteiger partial charge in [-0.2, -0.15) is 0 Å². The van der Waals surface area contributed by atoms with Crippen molar-refractivity contribution in [3.05, 3.63) is 24.3 Å². The lowest BCUT2D eigenvalue weighted by atomic mass is 10.1. The molecule has 0 atom stereocenters. The summed E-state index contributed by atoms with van der Waals surface area (Å²) in [7, 11) is 0. The van der Waals surface area contributed by atoms with E-state index in [9.17, 15) is 19.2 Å². The number of unbranched alkanes of at least 4 members (excludes halogenated alkanes) is 5. The van der Waals surface area contributed by atoms with Crippen molar-refractivity contribution < 1.29 is 28.7 Å². The van der Waals surface area contributed by atoms with Crippen molar-refractivity contribution in [2.24, 2.45) is 0 Å². The highest BCUT2D eigenvalue weighted by Crippen LogP contribution is 2.10. The third-order valence-electron chi connectivity index (χ3n) is 3.12. The SMILES string of the molecule is C=C(C)C(=O)OC(=O)CCCCCCCCC(=O)OC(=O)C(=C)C. The summed E-state index contributed by atoms with van der Waals surface area (Å²) in [5, 5.41) is 0. The number of ether oxygens (including phenoxy) is 2. The summed E-state index contributed by atoms with van der Waals surface area (Å²) in [4.78, 5) is 44.9. The molecule has 0 aromatic rings. The van der Waals surface area contributed by atoms with Gasteiger partial charge in [-0.15, -0.1) is 0 Å². The minimum atomic E-state index is -0.683. The number of carbonyl (C=O) groups excluding carboxylic acids is 4. The molecule has 0 fully saturated rings. The molecular weight excluding hydrogens is 312 g/mol. The van der Waals surface area contributed by atoms with Gasteiger partial charge in [0.25, 0.3) is 0 Å². The first-order valence-corrected chi connectivity index (χ1v) is 8.05. The maximum atomic E-state index is 11.3. The molecule has 0 amide bonds. The third kappa shape index (κ3) is 11.3. The van der Waals surface area contributed by atoms with Crippen molar-refractivity contribution in [1.29, 1.82) is 0 Å². The van der Waals surface area contributed by atoms with Crippen molar-refractivity contribution >= 4 is 23.9 Å². The molecule has 0 saturated heterocycles. The Hall–Kier alpha value is -2.24. The second kappa shape index (κ2) is 12.2. The Labute approximate surface area is 142 Å². The average molecular weight is 338 g/mol. The summed E-state index contributed by atoms with van der Waals surface area (Å²) in [6.45, 7) is 9.77. The zero-order chi connectivity index (χ0) is 18.5. The van der Waals surface area contributed by atoms with Crippen molar-refractivity contribution in [3.63, 3.8) is 0 Å². The van der Waals surface area contributed by atoms with E-state index in [1.54, 1.807) is 0 Å². The van der Waals surface area contributed by atoms with E-state index in [4.69, 9.17) is 0 Å². The van der Waals surface area contributed by atoms with Gasteiger partial charge in [0.1, 0.15) is 0 Å². The van der Waals surface area contributed by atoms with Crippen LogP contribution in [-0.2, 0) is 28.7 Å². The fourth-order valence-electron chi connectivity index (χ4n) is 1.73. The smallest absolute Gasteiger partial charge is 0.340 e. The summed E-state index contributed by atoms with van der Waals surface area (Å²) in [5.74, 6) is -2.44. The molecule has 0 rings (SSSR count). The predicted octanol–water partition coefficient (Wildman–Crippen LogP) is 3.40. The summed E-state index contributed by atoms with van der Waals surface area (Å²) in [6.07, 6.45) is 5.23. The Morgan fingerprint density at radius 3 is 1.21 bits per heavy atom. The maximum absolute atomic E-state index is 11.3. The minimum absolute atomic E-state index is 0.201. The van der Waals surface area contributed by atoms with Crippen LogP contribution in [0.5, 0.6) is 0 Å². The van der Waals surface area contributed by atoms with E-state index < -0.39 is 23.9 Å². The van der Waals surface area contributed by atoms with Crippen LogP contribution in [0.4, 0.5) is 0 Å². The van der Waals surface area contributed by atoms with Gasteiger partial charge in [0.15, 0.2) is 0 Å². The lowest BCUT2D eigenvalue weighted by Gasteiger charge is -2.04. The zero-order valence-corrected chi connectivity index (χ0v) is 14.5. The van der Waals surface area contributed by atoms with E-state index in [0.717, 1.165) is 25.7 Å². The maximum Gasteiger partial charge on any atom is 0.340 e. The van der Waals surface area contributed by atoms with E-state index in [0.29, 0.717) is 12.8 Å². The van der Waals surface area contributed by atoms with Gasteiger partial charge in [-0.1, -0.05) is 38.8 Å². The lowest BCUT2D eigenvalue weighted by Crippen LogP contribution is -2.12. The normalized spacial score (nSPS) is 9.92. The zero-order valence-electron chi connectivity index (χ0n) is 14.5. The molecule has 0 heterocycles. The Bertz CT molecular complexity index is 458. The van der Waals surface area contributed by atoms with Crippen LogP contribution in [0.15, 0.2) is 24.3 Å². The van der Waals surface area contributed by atoms with Crippen LogP contribution in [0, 0.1) is 0 Å². The topological polar surface area (TPSA) is 86.7 Å². The fraction of sp³-hybridized carbons (Fsp3) is 0.556. The lowest BCUT2D eigenvalue weighted by molar-refractivity contribution is -0.158. The van der Waals surface area contributed by atoms with Gasteiger partial charge in [0, 0.05) is 24.0 Å².